The molecule has 72 valence electrons. The van der Waals surface area contributed by atoms with Crippen LogP contribution in [0.3, 0.4) is 0 Å². The molecule has 3 heteroatoms. The topological polar surface area (TPSA) is 0 Å². The Hall–Kier alpha value is -0.0562. The summed E-state index contributed by atoms with van der Waals surface area (Å²) in [5, 5.41) is 4.09. The second kappa shape index (κ2) is 4.44. The summed E-state index contributed by atoms with van der Waals surface area (Å²) in [5.74, 6) is 0. The van der Waals surface area contributed by atoms with E-state index < -0.39 is 17.6 Å². The molecule has 0 atom stereocenters. The van der Waals surface area contributed by atoms with Crippen molar-refractivity contribution in [3.8, 4) is 0 Å². The lowest BCUT2D eigenvalue weighted by molar-refractivity contribution is 1.76. The first-order chi connectivity index (χ1) is 6.02. The third-order valence-corrected chi connectivity index (χ3v) is 6.38. The number of benzene rings is 1. The molecular formula is C10H17ClSi2. The summed E-state index contributed by atoms with van der Waals surface area (Å²) < 4.78 is 0. The van der Waals surface area contributed by atoms with Crippen LogP contribution in [-0.4, -0.2) is 17.6 Å². The molecule has 0 fully saturated rings. The van der Waals surface area contributed by atoms with Crippen molar-refractivity contribution in [2.24, 2.45) is 0 Å². The zero-order valence-electron chi connectivity index (χ0n) is 8.76. The van der Waals surface area contributed by atoms with Crippen LogP contribution in [0.1, 0.15) is 0 Å². The van der Waals surface area contributed by atoms with Crippen LogP contribution >= 0.6 is 11.6 Å². The van der Waals surface area contributed by atoms with Crippen LogP contribution in [0, 0.1) is 0 Å². The number of hydrogen-bond donors (Lipinski definition) is 0. The Labute approximate surface area is 89.1 Å². The van der Waals surface area contributed by atoms with Crippen molar-refractivity contribution in [2.75, 3.05) is 0 Å². The second-order valence-electron chi connectivity index (χ2n) is 4.08. The molecule has 0 aliphatic carbocycles. The van der Waals surface area contributed by atoms with E-state index in [1.165, 1.54) is 0 Å². The highest BCUT2D eigenvalue weighted by Gasteiger charge is 2.11. The van der Waals surface area contributed by atoms with Gasteiger partial charge in [0.15, 0.2) is 0 Å². The van der Waals surface area contributed by atoms with Crippen molar-refractivity contribution in [1.29, 1.82) is 0 Å². The van der Waals surface area contributed by atoms with E-state index in [4.69, 9.17) is 11.6 Å². The largest absolute Gasteiger partial charge is 0.0844 e. The van der Waals surface area contributed by atoms with Gasteiger partial charge < -0.3 is 0 Å². The molecule has 0 aliphatic rings. The fourth-order valence-corrected chi connectivity index (χ4v) is 6.36. The third kappa shape index (κ3) is 2.69. The Morgan fingerprint density at radius 1 is 0.923 bits per heavy atom. The van der Waals surface area contributed by atoms with Gasteiger partial charge in [-0.05, 0) is 12.1 Å². The predicted octanol–water partition coefficient (Wildman–Crippen LogP) is 1.73. The Morgan fingerprint density at radius 3 is 1.92 bits per heavy atom. The molecule has 0 N–H and O–H groups in total. The SMILES string of the molecule is C[SiH](C)c1ccc(Cl)cc1[SiH](C)C. The minimum absolute atomic E-state index is 0.669. The summed E-state index contributed by atoms with van der Waals surface area (Å²) in [4.78, 5) is 0. The maximum absolute atomic E-state index is 6.00. The van der Waals surface area contributed by atoms with E-state index in [0.29, 0.717) is 0 Å². The molecule has 0 radical (unpaired) electrons. The molecule has 0 saturated heterocycles. The minimum atomic E-state index is -0.702. The van der Waals surface area contributed by atoms with Gasteiger partial charge in [0.25, 0.3) is 0 Å². The van der Waals surface area contributed by atoms with Crippen LogP contribution in [0.25, 0.3) is 0 Å². The zero-order chi connectivity index (χ0) is 10.0. The van der Waals surface area contributed by atoms with Gasteiger partial charge in [-0.25, -0.2) is 0 Å². The molecule has 0 spiro atoms. The molecule has 1 rings (SSSR count). The average molecular weight is 229 g/mol. The van der Waals surface area contributed by atoms with Gasteiger partial charge in [0.1, 0.15) is 0 Å². The van der Waals surface area contributed by atoms with Gasteiger partial charge in [-0.2, -0.15) is 0 Å². The van der Waals surface area contributed by atoms with Gasteiger partial charge in [-0.1, -0.05) is 54.2 Å². The molecule has 0 unspecified atom stereocenters. The van der Waals surface area contributed by atoms with E-state index in [1.54, 1.807) is 10.4 Å². The summed E-state index contributed by atoms with van der Waals surface area (Å²) in [7, 11) is -1.37. The molecule has 0 amide bonds. The van der Waals surface area contributed by atoms with Crippen LogP contribution in [0.2, 0.25) is 31.2 Å². The van der Waals surface area contributed by atoms with Crippen molar-refractivity contribution in [1.82, 2.24) is 0 Å². The summed E-state index contributed by atoms with van der Waals surface area (Å²) in [6.07, 6.45) is 0. The normalized spacial score (nSPS) is 11.3. The molecule has 0 heterocycles. The average Bonchev–Trinajstić information content (AvgIpc) is 2.03. The highest BCUT2D eigenvalue weighted by atomic mass is 35.5. The summed E-state index contributed by atoms with van der Waals surface area (Å²) >= 11 is 6.00. The van der Waals surface area contributed by atoms with E-state index in [1.807, 2.05) is 6.07 Å². The molecule has 0 aliphatic heterocycles. The Morgan fingerprint density at radius 2 is 1.46 bits per heavy atom. The standard InChI is InChI=1S/C10H17ClSi2/c1-12(2)9-6-5-8(11)7-10(9)13(3)4/h5-7,12-13H,1-4H3. The third-order valence-electron chi connectivity index (χ3n) is 2.29. The predicted molar refractivity (Wildman–Crippen MR) is 68.5 cm³/mol. The molecule has 0 saturated carbocycles. The maximum atomic E-state index is 6.00. The molecule has 1 aromatic rings. The van der Waals surface area contributed by atoms with Crippen molar-refractivity contribution >= 4 is 39.6 Å². The molecule has 0 bridgehead atoms. The molecular weight excluding hydrogens is 212 g/mol. The van der Waals surface area contributed by atoms with E-state index in [-0.39, 0.29) is 0 Å². The highest BCUT2D eigenvalue weighted by molar-refractivity contribution is 6.82. The Bertz CT molecular complexity index is 295. The number of rotatable bonds is 2. The summed E-state index contributed by atoms with van der Waals surface area (Å²) in [6.45, 7) is 9.49. The Balaban J connectivity index is 3.19. The molecule has 13 heavy (non-hydrogen) atoms. The minimum Gasteiger partial charge on any atom is -0.0844 e. The second-order valence-corrected chi connectivity index (χ2v) is 10.4. The lowest BCUT2D eigenvalue weighted by Crippen LogP contribution is -2.43. The van der Waals surface area contributed by atoms with E-state index in [2.05, 4.69) is 38.3 Å². The fraction of sp³-hybridized carbons (Fsp3) is 0.400. The van der Waals surface area contributed by atoms with Crippen LogP contribution < -0.4 is 10.4 Å². The smallest absolute Gasteiger partial charge is 0.0646 e. The first-order valence-corrected chi connectivity index (χ1v) is 11.0. The maximum Gasteiger partial charge on any atom is 0.0646 e. The van der Waals surface area contributed by atoms with Crippen molar-refractivity contribution < 1.29 is 0 Å². The fourth-order valence-electron chi connectivity index (χ4n) is 1.57. The summed E-state index contributed by atoms with van der Waals surface area (Å²) in [6, 6.07) is 6.45. The molecule has 1 aromatic carbocycles. The highest BCUT2D eigenvalue weighted by Crippen LogP contribution is 2.04. The van der Waals surface area contributed by atoms with Crippen molar-refractivity contribution in [3.05, 3.63) is 23.2 Å². The van der Waals surface area contributed by atoms with Crippen LogP contribution in [0.15, 0.2) is 18.2 Å². The van der Waals surface area contributed by atoms with Crippen LogP contribution in [-0.2, 0) is 0 Å². The zero-order valence-corrected chi connectivity index (χ0v) is 11.8. The van der Waals surface area contributed by atoms with Crippen LogP contribution in [0.4, 0.5) is 0 Å². The van der Waals surface area contributed by atoms with Gasteiger partial charge in [0.05, 0.1) is 17.6 Å². The van der Waals surface area contributed by atoms with Gasteiger partial charge in [-0.15, -0.1) is 0 Å². The lowest BCUT2D eigenvalue weighted by atomic mass is 10.4. The van der Waals surface area contributed by atoms with E-state index in [0.717, 1.165) is 5.02 Å². The van der Waals surface area contributed by atoms with Gasteiger partial charge in [0.2, 0.25) is 0 Å². The monoisotopic (exact) mass is 228 g/mol. The van der Waals surface area contributed by atoms with Crippen molar-refractivity contribution in [3.63, 3.8) is 0 Å². The van der Waals surface area contributed by atoms with Gasteiger partial charge in [-0.3, -0.25) is 0 Å². The van der Waals surface area contributed by atoms with Crippen molar-refractivity contribution in [2.45, 2.75) is 26.2 Å². The van der Waals surface area contributed by atoms with Gasteiger partial charge in [0, 0.05) is 5.02 Å². The first-order valence-electron chi connectivity index (χ1n) is 4.81. The van der Waals surface area contributed by atoms with E-state index in [9.17, 15) is 0 Å². The van der Waals surface area contributed by atoms with Crippen LogP contribution in [0.5, 0.6) is 0 Å². The molecule has 0 nitrogen and oxygen atoms in total. The van der Waals surface area contributed by atoms with Gasteiger partial charge >= 0.3 is 0 Å². The van der Waals surface area contributed by atoms with E-state index >= 15 is 0 Å². The Kier molecular flexibility index (Phi) is 3.77. The quantitative estimate of drug-likeness (QED) is 0.677. The number of halogens is 1. The summed E-state index contributed by atoms with van der Waals surface area (Å²) in [5.41, 5.74) is 0. The molecule has 0 aromatic heterocycles. The lowest BCUT2D eigenvalue weighted by Gasteiger charge is -2.14. The first kappa shape index (κ1) is 11.0. The number of hydrogen-bond acceptors (Lipinski definition) is 0.